The third kappa shape index (κ3) is 4.10. The number of nitrogens with zero attached hydrogens (tertiary/aromatic N) is 4. The number of aromatic amines is 1. The van der Waals surface area contributed by atoms with Crippen LogP contribution in [0.1, 0.15) is 42.2 Å². The number of hydrogen-bond acceptors (Lipinski definition) is 6. The first-order valence-electron chi connectivity index (χ1n) is 10.0. The SMILES string of the molecule is Cc1cc(CN2CCC3(CCN(Cc4ncc(C)[nH]4)CC3)C(CO)C2)on1. The molecule has 2 aliphatic rings. The Bertz CT molecular complexity index is 739. The van der Waals surface area contributed by atoms with Crippen LogP contribution in [0.25, 0.3) is 0 Å². The fourth-order valence-electron chi connectivity index (χ4n) is 4.86. The number of imidazole rings is 1. The maximum Gasteiger partial charge on any atom is 0.150 e. The van der Waals surface area contributed by atoms with Crippen LogP contribution < -0.4 is 0 Å². The minimum absolute atomic E-state index is 0.267. The third-order valence-corrected chi connectivity index (χ3v) is 6.53. The van der Waals surface area contributed by atoms with Crippen LogP contribution in [0.4, 0.5) is 0 Å². The van der Waals surface area contributed by atoms with Crippen LogP contribution in [0.5, 0.6) is 0 Å². The molecule has 1 atom stereocenters. The van der Waals surface area contributed by atoms with E-state index in [0.717, 1.165) is 81.5 Å². The van der Waals surface area contributed by atoms with E-state index in [9.17, 15) is 5.11 Å². The summed E-state index contributed by atoms with van der Waals surface area (Å²) in [4.78, 5) is 12.7. The van der Waals surface area contributed by atoms with Crippen LogP contribution in [0.2, 0.25) is 0 Å². The quantitative estimate of drug-likeness (QED) is 0.835. The molecule has 0 amide bonds. The molecule has 0 aliphatic carbocycles. The van der Waals surface area contributed by atoms with Gasteiger partial charge in [-0.3, -0.25) is 9.80 Å². The standard InChI is InChI=1S/C20H31N5O2/c1-15-9-18(27-23-15)12-25-8-5-20(17(11-25)14-26)3-6-24(7-4-20)13-19-21-10-16(2)22-19/h9-10,17,26H,3-8,11-14H2,1-2H3,(H,21,22). The summed E-state index contributed by atoms with van der Waals surface area (Å²) in [6.07, 6.45) is 5.37. The van der Waals surface area contributed by atoms with Gasteiger partial charge in [-0.25, -0.2) is 4.98 Å². The Morgan fingerprint density at radius 1 is 1.19 bits per heavy atom. The summed E-state index contributed by atoms with van der Waals surface area (Å²) in [5, 5.41) is 14.1. The maximum absolute atomic E-state index is 10.1. The van der Waals surface area contributed by atoms with Gasteiger partial charge < -0.3 is 14.6 Å². The summed E-state index contributed by atoms with van der Waals surface area (Å²) < 4.78 is 5.38. The first kappa shape index (κ1) is 18.7. The minimum atomic E-state index is 0.267. The number of hydrogen-bond donors (Lipinski definition) is 2. The van der Waals surface area contributed by atoms with Gasteiger partial charge in [-0.1, -0.05) is 5.16 Å². The molecule has 2 aromatic heterocycles. The average molecular weight is 374 g/mol. The van der Waals surface area contributed by atoms with E-state index in [-0.39, 0.29) is 12.0 Å². The second kappa shape index (κ2) is 7.73. The van der Waals surface area contributed by atoms with Crippen molar-refractivity contribution < 1.29 is 9.63 Å². The molecule has 4 heterocycles. The lowest BCUT2D eigenvalue weighted by Gasteiger charge is -2.51. The summed E-state index contributed by atoms with van der Waals surface area (Å²) in [6.45, 7) is 10.1. The van der Waals surface area contributed by atoms with E-state index in [1.807, 2.05) is 26.1 Å². The van der Waals surface area contributed by atoms with Crippen LogP contribution in [-0.2, 0) is 13.1 Å². The highest BCUT2D eigenvalue weighted by atomic mass is 16.5. The number of aliphatic hydroxyl groups excluding tert-OH is 1. The molecule has 148 valence electrons. The molecular formula is C20H31N5O2. The third-order valence-electron chi connectivity index (χ3n) is 6.53. The lowest BCUT2D eigenvalue weighted by Crippen LogP contribution is -2.53. The van der Waals surface area contributed by atoms with E-state index in [1.165, 1.54) is 0 Å². The van der Waals surface area contributed by atoms with Crippen LogP contribution >= 0.6 is 0 Å². The fraction of sp³-hybridized carbons (Fsp3) is 0.700. The van der Waals surface area contributed by atoms with Gasteiger partial charge in [-0.05, 0) is 58.2 Å². The fourth-order valence-corrected chi connectivity index (χ4v) is 4.86. The summed E-state index contributed by atoms with van der Waals surface area (Å²) in [5.74, 6) is 2.31. The van der Waals surface area contributed by atoms with Gasteiger partial charge >= 0.3 is 0 Å². The summed E-state index contributed by atoms with van der Waals surface area (Å²) in [7, 11) is 0. The van der Waals surface area contributed by atoms with Gasteiger partial charge in [0.05, 0.1) is 18.8 Å². The van der Waals surface area contributed by atoms with E-state index in [0.29, 0.717) is 5.92 Å². The summed E-state index contributed by atoms with van der Waals surface area (Å²) in [6, 6.07) is 2.01. The number of aromatic nitrogens is 3. The number of H-pyrrole nitrogens is 1. The van der Waals surface area contributed by atoms with Crippen molar-refractivity contribution in [2.24, 2.45) is 11.3 Å². The van der Waals surface area contributed by atoms with Crippen LogP contribution in [-0.4, -0.2) is 62.8 Å². The largest absolute Gasteiger partial charge is 0.396 e. The van der Waals surface area contributed by atoms with E-state index in [4.69, 9.17) is 4.52 Å². The molecule has 2 aromatic rings. The molecule has 1 spiro atoms. The van der Waals surface area contributed by atoms with Crippen LogP contribution in [0, 0.1) is 25.2 Å². The number of nitrogens with one attached hydrogen (secondary N) is 1. The lowest BCUT2D eigenvalue weighted by molar-refractivity contribution is -0.0468. The Hall–Kier alpha value is -1.70. The predicted octanol–water partition coefficient (Wildman–Crippen LogP) is 2.11. The Morgan fingerprint density at radius 3 is 2.52 bits per heavy atom. The summed E-state index contributed by atoms with van der Waals surface area (Å²) in [5.41, 5.74) is 2.32. The first-order chi connectivity index (χ1) is 13.1. The van der Waals surface area contributed by atoms with Crippen molar-refractivity contribution in [1.29, 1.82) is 0 Å². The molecule has 0 bridgehead atoms. The second-order valence-corrected chi connectivity index (χ2v) is 8.45. The van der Waals surface area contributed by atoms with Gasteiger partial charge in [0.1, 0.15) is 5.82 Å². The Balaban J connectivity index is 1.33. The highest BCUT2D eigenvalue weighted by Gasteiger charge is 2.44. The zero-order chi connectivity index (χ0) is 18.9. The number of aliphatic hydroxyl groups is 1. The van der Waals surface area contributed by atoms with Crippen molar-refractivity contribution in [1.82, 2.24) is 24.9 Å². The van der Waals surface area contributed by atoms with Crippen molar-refractivity contribution in [3.05, 3.63) is 35.2 Å². The van der Waals surface area contributed by atoms with E-state index < -0.39 is 0 Å². The molecule has 0 aromatic carbocycles. The average Bonchev–Trinajstić information content (AvgIpc) is 3.26. The Kier molecular flexibility index (Phi) is 5.34. The normalized spacial score (nSPS) is 23.9. The maximum atomic E-state index is 10.1. The number of aryl methyl sites for hydroxylation is 2. The van der Waals surface area contributed by atoms with Crippen molar-refractivity contribution >= 4 is 0 Å². The number of rotatable bonds is 5. The molecule has 2 fully saturated rings. The Labute approximate surface area is 160 Å². The second-order valence-electron chi connectivity index (χ2n) is 8.45. The molecule has 27 heavy (non-hydrogen) atoms. The van der Waals surface area contributed by atoms with Crippen molar-refractivity contribution in [2.75, 3.05) is 32.8 Å². The first-order valence-corrected chi connectivity index (χ1v) is 10.0. The van der Waals surface area contributed by atoms with Gasteiger partial charge in [-0.15, -0.1) is 0 Å². The van der Waals surface area contributed by atoms with Crippen molar-refractivity contribution in [3.63, 3.8) is 0 Å². The monoisotopic (exact) mass is 373 g/mol. The smallest absolute Gasteiger partial charge is 0.150 e. The minimum Gasteiger partial charge on any atom is -0.396 e. The van der Waals surface area contributed by atoms with E-state index >= 15 is 0 Å². The molecular weight excluding hydrogens is 342 g/mol. The van der Waals surface area contributed by atoms with Gasteiger partial charge in [0.15, 0.2) is 5.76 Å². The molecule has 4 rings (SSSR count). The zero-order valence-corrected chi connectivity index (χ0v) is 16.4. The molecule has 2 aliphatic heterocycles. The van der Waals surface area contributed by atoms with Gasteiger partial charge in [0, 0.05) is 37.0 Å². The Morgan fingerprint density at radius 2 is 1.93 bits per heavy atom. The number of piperidine rings is 2. The highest BCUT2D eigenvalue weighted by Crippen LogP contribution is 2.45. The molecule has 2 N–H and O–H groups in total. The van der Waals surface area contributed by atoms with Crippen LogP contribution in [0.15, 0.2) is 16.8 Å². The topological polar surface area (TPSA) is 81.4 Å². The molecule has 1 unspecified atom stereocenters. The molecule has 2 saturated heterocycles. The van der Waals surface area contributed by atoms with E-state index in [2.05, 4.69) is 24.9 Å². The van der Waals surface area contributed by atoms with E-state index in [1.54, 1.807) is 0 Å². The highest BCUT2D eigenvalue weighted by molar-refractivity contribution is 5.04. The molecule has 0 saturated carbocycles. The zero-order valence-electron chi connectivity index (χ0n) is 16.4. The predicted molar refractivity (Wildman–Crippen MR) is 102 cm³/mol. The lowest BCUT2D eigenvalue weighted by atomic mass is 9.64. The summed E-state index contributed by atoms with van der Waals surface area (Å²) >= 11 is 0. The molecule has 7 heteroatoms. The number of likely N-dealkylation sites (tertiary alicyclic amines) is 2. The van der Waals surface area contributed by atoms with Gasteiger partial charge in [-0.2, -0.15) is 0 Å². The molecule has 7 nitrogen and oxygen atoms in total. The van der Waals surface area contributed by atoms with Crippen molar-refractivity contribution in [2.45, 2.75) is 46.2 Å². The molecule has 0 radical (unpaired) electrons. The van der Waals surface area contributed by atoms with Gasteiger partial charge in [0.25, 0.3) is 0 Å². The van der Waals surface area contributed by atoms with Crippen LogP contribution in [0.3, 0.4) is 0 Å². The van der Waals surface area contributed by atoms with Crippen molar-refractivity contribution in [3.8, 4) is 0 Å². The van der Waals surface area contributed by atoms with Gasteiger partial charge in [0.2, 0.25) is 0 Å².